The van der Waals surface area contributed by atoms with Crippen molar-refractivity contribution in [3.8, 4) is 11.1 Å². The van der Waals surface area contributed by atoms with Gasteiger partial charge in [0.05, 0.1) is 0 Å². The van der Waals surface area contributed by atoms with Crippen LogP contribution in [0.1, 0.15) is 6.92 Å². The maximum atomic E-state index is 3.72. The minimum Gasteiger partial charge on any atom is -0.205 e. The summed E-state index contributed by atoms with van der Waals surface area (Å²) in [4.78, 5) is 0. The van der Waals surface area contributed by atoms with Gasteiger partial charge in [0.1, 0.15) is 6.54 Å². The monoisotopic (exact) mass is 212 g/mol. The predicted molar refractivity (Wildman–Crippen MR) is 64.3 cm³/mol. The molecule has 0 amide bonds. The molecule has 0 aliphatic carbocycles. The number of hydrogen-bond acceptors (Lipinski definition) is 0. The molecule has 0 saturated heterocycles. The van der Waals surface area contributed by atoms with E-state index in [0.717, 1.165) is 6.54 Å². The molecule has 2 heteroatoms. The highest BCUT2D eigenvalue weighted by Gasteiger charge is 2.02. The van der Waals surface area contributed by atoms with Gasteiger partial charge in [-0.15, -0.1) is 0 Å². The molecule has 2 nitrogen and oxygen atoms in total. The van der Waals surface area contributed by atoms with Crippen molar-refractivity contribution in [1.29, 1.82) is 0 Å². The molecule has 0 N–H and O–H groups in total. The third kappa shape index (κ3) is 2.16. The molecule has 0 saturated carbocycles. The van der Waals surface area contributed by atoms with Crippen molar-refractivity contribution in [2.45, 2.75) is 13.5 Å². The topological polar surface area (TPSA) is 7.76 Å². The predicted octanol–water partition coefficient (Wildman–Crippen LogP) is 2.05. The molecular formula is C14H16N2+2. The summed E-state index contributed by atoms with van der Waals surface area (Å²) >= 11 is 0. The molecule has 0 fully saturated rings. The van der Waals surface area contributed by atoms with Crippen molar-refractivity contribution in [3.05, 3.63) is 55.6 Å². The molecule has 0 bridgehead atoms. The van der Waals surface area contributed by atoms with E-state index in [-0.39, 0.29) is 0 Å². The fraction of sp³-hybridized carbons (Fsp3) is 0.143. The first kappa shape index (κ1) is 10.6. The lowest BCUT2D eigenvalue weighted by Crippen LogP contribution is -2.30. The van der Waals surface area contributed by atoms with Crippen LogP contribution in [0.2, 0.25) is 0 Å². The van der Waals surface area contributed by atoms with E-state index in [4.69, 9.17) is 0 Å². The zero-order valence-electron chi connectivity index (χ0n) is 9.50. The van der Waals surface area contributed by atoms with Gasteiger partial charge in [0, 0.05) is 24.3 Å². The number of nitrogens with zero attached hydrogens (tertiary/aromatic N) is 2. The van der Waals surface area contributed by atoms with Gasteiger partial charge in [-0.2, -0.15) is 4.57 Å². The van der Waals surface area contributed by atoms with Gasteiger partial charge in [-0.1, -0.05) is 0 Å². The van der Waals surface area contributed by atoms with E-state index in [9.17, 15) is 0 Å². The normalized spacial score (nSPS) is 10.1. The van der Waals surface area contributed by atoms with Crippen LogP contribution in [-0.2, 0) is 6.54 Å². The molecule has 0 unspecified atom stereocenters. The number of pyridine rings is 2. The largest absolute Gasteiger partial charge is 0.205 e. The van der Waals surface area contributed by atoms with Crippen LogP contribution in [0.15, 0.2) is 55.6 Å². The van der Waals surface area contributed by atoms with E-state index in [2.05, 4.69) is 54.7 Å². The Bertz CT molecular complexity index is 469. The summed E-state index contributed by atoms with van der Waals surface area (Å²) in [5, 5.41) is 0. The van der Waals surface area contributed by atoms with E-state index >= 15 is 0 Å². The third-order valence-electron chi connectivity index (χ3n) is 2.65. The molecule has 80 valence electrons. The first-order valence-corrected chi connectivity index (χ1v) is 5.46. The van der Waals surface area contributed by atoms with Crippen molar-refractivity contribution < 1.29 is 9.13 Å². The molecule has 0 atom stereocenters. The van der Waals surface area contributed by atoms with Crippen LogP contribution in [0.3, 0.4) is 0 Å². The Hall–Kier alpha value is -1.96. The van der Waals surface area contributed by atoms with E-state index in [1.807, 2.05) is 17.0 Å². The van der Waals surface area contributed by atoms with Gasteiger partial charge in [0.25, 0.3) is 0 Å². The quantitative estimate of drug-likeness (QED) is 0.688. The molecule has 2 rings (SSSR count). The Morgan fingerprint density at radius 3 is 1.94 bits per heavy atom. The molecular weight excluding hydrogens is 196 g/mol. The lowest BCUT2D eigenvalue weighted by molar-refractivity contribution is -0.693. The summed E-state index contributed by atoms with van der Waals surface area (Å²) < 4.78 is 4.08. The molecule has 0 aliphatic heterocycles. The summed E-state index contributed by atoms with van der Waals surface area (Å²) in [6.45, 7) is 6.86. The highest BCUT2D eigenvalue weighted by atomic mass is 14.9. The summed E-state index contributed by atoms with van der Waals surface area (Å²) in [5.41, 5.74) is 2.46. The van der Waals surface area contributed by atoms with Crippen LogP contribution >= 0.6 is 0 Å². The standard InChI is InChI=1S/C14H16N2/c1-3-15-9-5-13(6-10-15)14-7-11-16(4-2)12-8-14/h3,5-12H,1,4H2,2H3/q+2. The summed E-state index contributed by atoms with van der Waals surface area (Å²) in [7, 11) is 0. The van der Waals surface area contributed by atoms with Gasteiger partial charge in [-0.25, -0.2) is 4.57 Å². The van der Waals surface area contributed by atoms with Crippen LogP contribution in [0, 0.1) is 0 Å². The lowest BCUT2D eigenvalue weighted by atomic mass is 10.1. The van der Waals surface area contributed by atoms with Crippen LogP contribution in [0.4, 0.5) is 0 Å². The first-order valence-electron chi connectivity index (χ1n) is 5.46. The molecule has 2 aromatic heterocycles. The second-order valence-electron chi connectivity index (χ2n) is 3.63. The highest BCUT2D eigenvalue weighted by Crippen LogP contribution is 2.15. The Kier molecular flexibility index (Phi) is 3.10. The number of aromatic nitrogens is 2. The van der Waals surface area contributed by atoms with Crippen LogP contribution < -0.4 is 9.13 Å². The van der Waals surface area contributed by atoms with Gasteiger partial charge in [-0.3, -0.25) is 0 Å². The first-order chi connectivity index (χ1) is 7.83. The summed E-state index contributed by atoms with van der Waals surface area (Å²) in [5.74, 6) is 0. The molecule has 16 heavy (non-hydrogen) atoms. The molecule has 2 heterocycles. The summed E-state index contributed by atoms with van der Waals surface area (Å²) in [6, 6.07) is 8.45. The maximum Gasteiger partial charge on any atom is 0.175 e. The Labute approximate surface area is 96.1 Å². The fourth-order valence-electron chi connectivity index (χ4n) is 1.61. The minimum absolute atomic E-state index is 1.01. The highest BCUT2D eigenvalue weighted by molar-refractivity contribution is 5.61. The average Bonchev–Trinajstić information content (AvgIpc) is 2.39. The third-order valence-corrected chi connectivity index (χ3v) is 2.65. The average molecular weight is 212 g/mol. The molecule has 0 radical (unpaired) electrons. The van der Waals surface area contributed by atoms with Gasteiger partial charge in [0.15, 0.2) is 31.0 Å². The number of aryl methyl sites for hydroxylation is 1. The van der Waals surface area contributed by atoms with Gasteiger partial charge in [-0.05, 0) is 24.6 Å². The van der Waals surface area contributed by atoms with E-state index in [0.29, 0.717) is 0 Å². The minimum atomic E-state index is 1.01. The Morgan fingerprint density at radius 2 is 1.50 bits per heavy atom. The zero-order chi connectivity index (χ0) is 11.4. The SMILES string of the molecule is C=C[n+]1ccc(-c2cc[n+](CC)cc2)cc1. The van der Waals surface area contributed by atoms with Crippen molar-refractivity contribution in [2.75, 3.05) is 0 Å². The zero-order valence-corrected chi connectivity index (χ0v) is 9.50. The van der Waals surface area contributed by atoms with Crippen LogP contribution in [-0.4, -0.2) is 0 Å². The second kappa shape index (κ2) is 4.71. The smallest absolute Gasteiger partial charge is 0.175 e. The van der Waals surface area contributed by atoms with Gasteiger partial charge < -0.3 is 0 Å². The molecule has 0 aromatic carbocycles. The van der Waals surface area contributed by atoms with Crippen molar-refractivity contribution in [3.63, 3.8) is 0 Å². The van der Waals surface area contributed by atoms with E-state index in [1.165, 1.54) is 11.1 Å². The van der Waals surface area contributed by atoms with Crippen LogP contribution in [0.25, 0.3) is 17.3 Å². The molecule has 2 aromatic rings. The van der Waals surface area contributed by atoms with Gasteiger partial charge >= 0.3 is 0 Å². The van der Waals surface area contributed by atoms with E-state index < -0.39 is 0 Å². The Morgan fingerprint density at radius 1 is 1.00 bits per heavy atom. The lowest BCUT2D eigenvalue weighted by Gasteiger charge is -1.98. The maximum absolute atomic E-state index is 3.72. The van der Waals surface area contributed by atoms with Crippen LogP contribution in [0.5, 0.6) is 0 Å². The number of rotatable bonds is 3. The fourth-order valence-corrected chi connectivity index (χ4v) is 1.61. The number of hydrogen-bond donors (Lipinski definition) is 0. The molecule has 0 aliphatic rings. The van der Waals surface area contributed by atoms with E-state index in [1.54, 1.807) is 6.20 Å². The van der Waals surface area contributed by atoms with Crippen molar-refractivity contribution in [1.82, 2.24) is 0 Å². The van der Waals surface area contributed by atoms with Crippen molar-refractivity contribution >= 4 is 6.20 Å². The Balaban J connectivity index is 2.31. The summed E-state index contributed by atoms with van der Waals surface area (Å²) in [6.07, 6.45) is 9.99. The van der Waals surface area contributed by atoms with Crippen molar-refractivity contribution in [2.24, 2.45) is 0 Å². The molecule has 0 spiro atoms. The van der Waals surface area contributed by atoms with Gasteiger partial charge in [0.2, 0.25) is 0 Å². The second-order valence-corrected chi connectivity index (χ2v) is 3.63.